The summed E-state index contributed by atoms with van der Waals surface area (Å²) in [5, 5.41) is 3.66. The van der Waals surface area contributed by atoms with Crippen LogP contribution in [0, 0.1) is 5.92 Å². The largest absolute Gasteiger partial charge is 0.467 e. The van der Waals surface area contributed by atoms with Gasteiger partial charge in [0.05, 0.1) is 12.8 Å². The maximum Gasteiger partial charge on any atom is 0.425 e. The number of carbonyl (C=O) groups excluding carboxylic acids is 2. The summed E-state index contributed by atoms with van der Waals surface area (Å²) < 4.78 is 48.0. The van der Waals surface area contributed by atoms with Gasteiger partial charge >= 0.3 is 11.9 Å². The SMILES string of the molecule is O=C(N[C@@]1(C(F)(F)F)C(=O)Nc2c1c(=O)[nH]c(=O)n2Cc1ccco1)C1CC1. The van der Waals surface area contributed by atoms with Gasteiger partial charge in [-0.05, 0) is 25.0 Å². The van der Waals surface area contributed by atoms with Crippen molar-refractivity contribution in [1.82, 2.24) is 14.9 Å². The molecule has 1 aliphatic carbocycles. The predicted octanol–water partition coefficient (Wildman–Crippen LogP) is 0.414. The minimum atomic E-state index is -5.33. The summed E-state index contributed by atoms with van der Waals surface area (Å²) in [7, 11) is 0. The highest BCUT2D eigenvalue weighted by molar-refractivity contribution is 6.07. The number of rotatable bonds is 4. The zero-order chi connectivity index (χ0) is 20.3. The van der Waals surface area contributed by atoms with Gasteiger partial charge in [-0.25, -0.2) is 4.79 Å². The molecule has 0 bridgehead atoms. The van der Waals surface area contributed by atoms with Crippen LogP contribution < -0.4 is 21.9 Å². The molecule has 1 aliphatic heterocycles. The molecule has 0 saturated heterocycles. The number of amides is 2. The van der Waals surface area contributed by atoms with Gasteiger partial charge in [-0.15, -0.1) is 0 Å². The van der Waals surface area contributed by atoms with Crippen LogP contribution in [0.2, 0.25) is 0 Å². The minimum Gasteiger partial charge on any atom is -0.467 e. The third-order valence-corrected chi connectivity index (χ3v) is 4.73. The Balaban J connectivity index is 1.93. The summed E-state index contributed by atoms with van der Waals surface area (Å²) in [5.74, 6) is -3.72. The number of anilines is 1. The lowest BCUT2D eigenvalue weighted by Crippen LogP contribution is -2.62. The Morgan fingerprint density at radius 2 is 2.04 bits per heavy atom. The highest BCUT2D eigenvalue weighted by Gasteiger charge is 2.69. The van der Waals surface area contributed by atoms with E-state index in [1.165, 1.54) is 18.4 Å². The number of aromatic amines is 1. The lowest BCUT2D eigenvalue weighted by molar-refractivity contribution is -0.201. The van der Waals surface area contributed by atoms with Crippen LogP contribution in [0.5, 0.6) is 0 Å². The number of alkyl halides is 3. The van der Waals surface area contributed by atoms with E-state index in [-0.39, 0.29) is 12.3 Å². The molecule has 2 aromatic rings. The predicted molar refractivity (Wildman–Crippen MR) is 86.4 cm³/mol. The molecule has 148 valence electrons. The van der Waals surface area contributed by atoms with Gasteiger partial charge in [-0.2, -0.15) is 13.2 Å². The Morgan fingerprint density at radius 1 is 1.32 bits per heavy atom. The lowest BCUT2D eigenvalue weighted by atomic mass is 9.91. The summed E-state index contributed by atoms with van der Waals surface area (Å²) in [6.07, 6.45) is -3.25. The molecule has 1 fully saturated rings. The van der Waals surface area contributed by atoms with Gasteiger partial charge in [0.25, 0.3) is 11.5 Å². The fourth-order valence-electron chi connectivity index (χ4n) is 3.17. The Morgan fingerprint density at radius 3 is 2.61 bits per heavy atom. The van der Waals surface area contributed by atoms with Crippen molar-refractivity contribution < 1.29 is 27.2 Å². The summed E-state index contributed by atoms with van der Waals surface area (Å²) in [5.41, 5.74) is -7.12. The molecule has 2 aromatic heterocycles. The van der Waals surface area contributed by atoms with Crippen molar-refractivity contribution in [3.63, 3.8) is 0 Å². The zero-order valence-corrected chi connectivity index (χ0v) is 14.1. The summed E-state index contributed by atoms with van der Waals surface area (Å²) in [6, 6.07) is 2.97. The molecule has 0 radical (unpaired) electrons. The first kappa shape index (κ1) is 18.1. The molecule has 12 heteroatoms. The molecule has 28 heavy (non-hydrogen) atoms. The van der Waals surface area contributed by atoms with Crippen molar-refractivity contribution in [2.45, 2.75) is 31.1 Å². The number of aromatic nitrogens is 2. The van der Waals surface area contributed by atoms with E-state index in [1.807, 2.05) is 5.32 Å². The Labute approximate surface area is 153 Å². The average Bonchev–Trinajstić information content (AvgIpc) is 3.24. The maximum absolute atomic E-state index is 14.0. The van der Waals surface area contributed by atoms with Crippen LogP contribution in [0.25, 0.3) is 0 Å². The first-order valence-electron chi connectivity index (χ1n) is 8.25. The smallest absolute Gasteiger partial charge is 0.425 e. The van der Waals surface area contributed by atoms with Crippen LogP contribution in [0.3, 0.4) is 0 Å². The Hall–Kier alpha value is -3.31. The minimum absolute atomic E-state index is 0.206. The van der Waals surface area contributed by atoms with E-state index < -0.39 is 52.1 Å². The van der Waals surface area contributed by atoms with E-state index in [1.54, 1.807) is 10.3 Å². The van der Waals surface area contributed by atoms with Crippen molar-refractivity contribution in [3.8, 4) is 0 Å². The molecule has 3 heterocycles. The maximum atomic E-state index is 14.0. The number of hydrogen-bond acceptors (Lipinski definition) is 5. The molecular weight excluding hydrogens is 385 g/mol. The summed E-state index contributed by atoms with van der Waals surface area (Å²) in [6.45, 7) is -0.338. The van der Waals surface area contributed by atoms with E-state index >= 15 is 0 Å². The number of H-pyrrole nitrogens is 1. The molecule has 3 N–H and O–H groups in total. The topological polar surface area (TPSA) is 126 Å². The second-order valence-corrected chi connectivity index (χ2v) is 6.61. The quantitative estimate of drug-likeness (QED) is 0.688. The Bertz CT molecular complexity index is 1080. The number of fused-ring (bicyclic) bond motifs is 1. The molecule has 4 rings (SSSR count). The van der Waals surface area contributed by atoms with E-state index in [2.05, 4.69) is 0 Å². The van der Waals surface area contributed by atoms with Gasteiger partial charge in [0.2, 0.25) is 11.4 Å². The highest BCUT2D eigenvalue weighted by atomic mass is 19.4. The van der Waals surface area contributed by atoms with Gasteiger partial charge in [-0.3, -0.25) is 23.9 Å². The molecule has 1 atom stereocenters. The van der Waals surface area contributed by atoms with Crippen LogP contribution in [0.4, 0.5) is 19.0 Å². The summed E-state index contributed by atoms with van der Waals surface area (Å²) in [4.78, 5) is 50.8. The van der Waals surface area contributed by atoms with Crippen molar-refractivity contribution in [2.75, 3.05) is 5.32 Å². The molecule has 0 aromatic carbocycles. The standard InChI is InChI=1S/C16H13F3N4O5/c17-16(18,19)15(22-11(24)7-3-4-7)9-10(20-13(15)26)23(14(27)21-12(9)25)6-8-2-1-5-28-8/h1-2,5,7H,3-4,6H2,(H,20,26)(H,22,24)(H,21,25,27)/t15-/m1/s1. The van der Waals surface area contributed by atoms with Gasteiger partial charge in [0.15, 0.2) is 0 Å². The van der Waals surface area contributed by atoms with Crippen molar-refractivity contribution in [3.05, 3.63) is 50.6 Å². The number of furan rings is 1. The second-order valence-electron chi connectivity index (χ2n) is 6.61. The highest BCUT2D eigenvalue weighted by Crippen LogP contribution is 2.45. The second kappa shape index (κ2) is 5.84. The van der Waals surface area contributed by atoms with E-state index in [0.717, 1.165) is 4.57 Å². The van der Waals surface area contributed by atoms with E-state index in [9.17, 15) is 32.3 Å². The van der Waals surface area contributed by atoms with Crippen molar-refractivity contribution >= 4 is 17.6 Å². The number of hydrogen-bond donors (Lipinski definition) is 3. The number of nitrogens with one attached hydrogen (secondary N) is 3. The third-order valence-electron chi connectivity index (χ3n) is 4.73. The number of halogens is 3. The van der Waals surface area contributed by atoms with Crippen molar-refractivity contribution in [2.24, 2.45) is 5.92 Å². The summed E-state index contributed by atoms with van der Waals surface area (Å²) >= 11 is 0. The molecular formula is C16H13F3N4O5. The van der Waals surface area contributed by atoms with Gasteiger partial charge < -0.3 is 15.1 Å². The normalized spacial score (nSPS) is 21.3. The molecule has 1 saturated carbocycles. The van der Waals surface area contributed by atoms with Gasteiger partial charge in [-0.1, -0.05) is 0 Å². The zero-order valence-electron chi connectivity index (χ0n) is 14.1. The number of nitrogens with zero attached hydrogens (tertiary/aromatic N) is 1. The fourth-order valence-corrected chi connectivity index (χ4v) is 3.17. The average molecular weight is 398 g/mol. The molecule has 0 unspecified atom stereocenters. The first-order valence-corrected chi connectivity index (χ1v) is 8.25. The first-order chi connectivity index (χ1) is 13.1. The van der Waals surface area contributed by atoms with Crippen LogP contribution in [0.15, 0.2) is 32.4 Å². The van der Waals surface area contributed by atoms with Crippen LogP contribution in [-0.4, -0.2) is 27.5 Å². The Kier molecular flexibility index (Phi) is 3.77. The molecule has 0 spiro atoms. The van der Waals surface area contributed by atoms with E-state index in [0.29, 0.717) is 12.8 Å². The van der Waals surface area contributed by atoms with E-state index in [4.69, 9.17) is 4.42 Å². The molecule has 9 nitrogen and oxygen atoms in total. The lowest BCUT2D eigenvalue weighted by Gasteiger charge is -2.30. The van der Waals surface area contributed by atoms with Gasteiger partial charge in [0, 0.05) is 5.92 Å². The van der Waals surface area contributed by atoms with Crippen LogP contribution in [0.1, 0.15) is 24.2 Å². The van der Waals surface area contributed by atoms with Gasteiger partial charge in [0.1, 0.15) is 17.1 Å². The molecule has 2 aliphatic rings. The van der Waals surface area contributed by atoms with Crippen molar-refractivity contribution in [1.29, 1.82) is 0 Å². The van der Waals surface area contributed by atoms with Crippen LogP contribution in [-0.2, 0) is 21.7 Å². The van der Waals surface area contributed by atoms with Crippen LogP contribution >= 0.6 is 0 Å². The molecule has 2 amide bonds. The monoisotopic (exact) mass is 398 g/mol. The fraction of sp³-hybridized carbons (Fsp3) is 0.375. The third kappa shape index (κ3) is 2.55. The number of carbonyl (C=O) groups is 2.